The fraction of sp³-hybridized carbons (Fsp3) is 0.350. The number of likely N-dealkylation sites (tertiary alicyclic amines) is 1. The van der Waals surface area contributed by atoms with Gasteiger partial charge >= 0.3 is 0 Å². The van der Waals surface area contributed by atoms with Crippen LogP contribution in [-0.4, -0.2) is 45.6 Å². The Morgan fingerprint density at radius 1 is 1.25 bits per heavy atom. The first-order chi connectivity index (χ1) is 13.7. The third-order valence-electron chi connectivity index (χ3n) is 5.01. The molecule has 1 aliphatic heterocycles. The van der Waals surface area contributed by atoms with E-state index in [9.17, 15) is 9.18 Å². The molecule has 0 spiro atoms. The Bertz CT molecular complexity index is 901. The zero-order valence-corrected chi connectivity index (χ0v) is 16.2. The predicted octanol–water partition coefficient (Wildman–Crippen LogP) is 3.41. The number of carbonyl (C=O) groups excluding carboxylic acids is 1. The summed E-state index contributed by atoms with van der Waals surface area (Å²) in [4.78, 5) is 19.8. The summed E-state index contributed by atoms with van der Waals surface area (Å²) in [5, 5.41) is 10.6. The van der Waals surface area contributed by atoms with Crippen molar-refractivity contribution < 1.29 is 9.18 Å². The Morgan fingerprint density at radius 2 is 2.04 bits per heavy atom. The van der Waals surface area contributed by atoms with Gasteiger partial charge in [-0.05, 0) is 49.7 Å². The molecule has 0 aliphatic carbocycles. The van der Waals surface area contributed by atoms with Crippen molar-refractivity contribution >= 4 is 22.4 Å². The molecule has 4 rings (SSSR count). The number of hydrogen-bond donors (Lipinski definition) is 2. The van der Waals surface area contributed by atoms with E-state index < -0.39 is 0 Å². The molecule has 1 saturated heterocycles. The number of halogens is 1. The minimum Gasteiger partial charge on any atom is -0.301 e. The number of benzene rings is 1. The number of anilines is 1. The molecule has 0 saturated carbocycles. The molecule has 3 heterocycles. The molecule has 0 unspecified atom stereocenters. The smallest absolute Gasteiger partial charge is 0.240 e. The topological polar surface area (TPSA) is 73.9 Å². The number of thiazole rings is 1. The first kappa shape index (κ1) is 18.8. The number of carbonyl (C=O) groups is 1. The minimum atomic E-state index is -0.241. The molecule has 1 aliphatic rings. The Labute approximate surface area is 166 Å². The van der Waals surface area contributed by atoms with Crippen LogP contribution in [0.25, 0.3) is 0 Å². The maximum atomic E-state index is 13.0. The zero-order valence-electron chi connectivity index (χ0n) is 15.4. The lowest BCUT2D eigenvalue weighted by molar-refractivity contribution is -0.117. The SMILES string of the molecule is O=C(CN1CCC(c2ccn[nH]2)CC1)Nc1ncc(Cc2ccc(F)cc2)s1. The average molecular weight is 399 g/mol. The van der Waals surface area contributed by atoms with Crippen molar-refractivity contribution in [1.29, 1.82) is 0 Å². The van der Waals surface area contributed by atoms with Gasteiger partial charge in [-0.3, -0.25) is 14.8 Å². The van der Waals surface area contributed by atoms with Gasteiger partial charge in [-0.25, -0.2) is 9.37 Å². The van der Waals surface area contributed by atoms with Crippen molar-refractivity contribution in [3.05, 3.63) is 64.7 Å². The maximum absolute atomic E-state index is 13.0. The minimum absolute atomic E-state index is 0.0392. The van der Waals surface area contributed by atoms with Crippen molar-refractivity contribution in [1.82, 2.24) is 20.1 Å². The van der Waals surface area contributed by atoms with Crippen LogP contribution in [0, 0.1) is 5.82 Å². The number of aromatic amines is 1. The van der Waals surface area contributed by atoms with Crippen molar-refractivity contribution in [3.63, 3.8) is 0 Å². The first-order valence-corrected chi connectivity index (χ1v) is 10.2. The largest absolute Gasteiger partial charge is 0.301 e. The second kappa shape index (κ2) is 8.62. The van der Waals surface area contributed by atoms with Crippen LogP contribution in [0.3, 0.4) is 0 Å². The molecule has 1 fully saturated rings. The fourth-order valence-electron chi connectivity index (χ4n) is 3.51. The van der Waals surface area contributed by atoms with Gasteiger partial charge in [0.25, 0.3) is 0 Å². The molecule has 1 aromatic carbocycles. The van der Waals surface area contributed by atoms with Crippen LogP contribution in [0.2, 0.25) is 0 Å². The normalized spacial score (nSPS) is 15.6. The molecule has 0 atom stereocenters. The van der Waals surface area contributed by atoms with Crippen LogP contribution < -0.4 is 5.32 Å². The van der Waals surface area contributed by atoms with Crippen molar-refractivity contribution in [3.8, 4) is 0 Å². The molecular weight excluding hydrogens is 377 g/mol. The molecule has 0 bridgehead atoms. The molecule has 2 aromatic heterocycles. The summed E-state index contributed by atoms with van der Waals surface area (Å²) in [6.07, 6.45) is 6.27. The van der Waals surface area contributed by atoms with E-state index in [-0.39, 0.29) is 11.7 Å². The highest BCUT2D eigenvalue weighted by Gasteiger charge is 2.23. The monoisotopic (exact) mass is 399 g/mol. The van der Waals surface area contributed by atoms with Crippen LogP contribution in [0.1, 0.15) is 34.9 Å². The second-order valence-electron chi connectivity index (χ2n) is 7.05. The van der Waals surface area contributed by atoms with E-state index in [2.05, 4.69) is 25.4 Å². The lowest BCUT2D eigenvalue weighted by Gasteiger charge is -2.30. The van der Waals surface area contributed by atoms with Gasteiger partial charge in [-0.15, -0.1) is 11.3 Å². The standard InChI is InChI=1S/C20H22FN5OS/c21-16-3-1-14(2-4-16)11-17-12-22-20(28-17)24-19(27)13-26-9-6-15(7-10-26)18-5-8-23-25-18/h1-5,8,12,15H,6-7,9-11,13H2,(H,23,25)(H,22,24,27). The van der Waals surface area contributed by atoms with E-state index in [1.54, 1.807) is 24.5 Å². The molecule has 3 aromatic rings. The summed E-state index contributed by atoms with van der Waals surface area (Å²) in [6, 6.07) is 8.46. The van der Waals surface area contributed by atoms with Crippen LogP contribution in [-0.2, 0) is 11.2 Å². The maximum Gasteiger partial charge on any atom is 0.240 e. The van der Waals surface area contributed by atoms with E-state index in [0.717, 1.165) is 36.4 Å². The van der Waals surface area contributed by atoms with Crippen molar-refractivity contribution in [2.75, 3.05) is 25.0 Å². The summed E-state index contributed by atoms with van der Waals surface area (Å²) < 4.78 is 13.0. The summed E-state index contributed by atoms with van der Waals surface area (Å²) in [6.45, 7) is 2.16. The van der Waals surface area contributed by atoms with Crippen LogP contribution in [0.15, 0.2) is 42.7 Å². The van der Waals surface area contributed by atoms with Gasteiger partial charge < -0.3 is 5.32 Å². The number of hydrogen-bond acceptors (Lipinski definition) is 5. The van der Waals surface area contributed by atoms with Crippen LogP contribution in [0.4, 0.5) is 9.52 Å². The fourth-order valence-corrected chi connectivity index (χ4v) is 4.37. The predicted molar refractivity (Wildman–Crippen MR) is 107 cm³/mol. The van der Waals surface area contributed by atoms with E-state index in [4.69, 9.17) is 0 Å². The number of H-pyrrole nitrogens is 1. The third kappa shape index (κ3) is 4.82. The Hall–Kier alpha value is -2.58. The average Bonchev–Trinajstić information content (AvgIpc) is 3.37. The Balaban J connectivity index is 1.24. The second-order valence-corrected chi connectivity index (χ2v) is 8.16. The number of rotatable bonds is 6. The molecule has 6 nitrogen and oxygen atoms in total. The molecular formula is C20H22FN5OS. The van der Waals surface area contributed by atoms with Crippen LogP contribution in [0.5, 0.6) is 0 Å². The van der Waals surface area contributed by atoms with Crippen molar-refractivity contribution in [2.45, 2.75) is 25.2 Å². The van der Waals surface area contributed by atoms with Gasteiger partial charge in [0.05, 0.1) is 6.54 Å². The highest BCUT2D eigenvalue weighted by molar-refractivity contribution is 7.15. The van der Waals surface area contributed by atoms with Gasteiger partial charge in [-0.1, -0.05) is 12.1 Å². The van der Waals surface area contributed by atoms with Gasteiger partial charge in [-0.2, -0.15) is 5.10 Å². The molecule has 1 amide bonds. The lowest BCUT2D eigenvalue weighted by Crippen LogP contribution is -2.38. The van der Waals surface area contributed by atoms with Gasteiger partial charge in [0.1, 0.15) is 5.82 Å². The summed E-state index contributed by atoms with van der Waals surface area (Å²) in [7, 11) is 0. The number of nitrogens with zero attached hydrogens (tertiary/aromatic N) is 3. The number of aromatic nitrogens is 3. The highest BCUT2D eigenvalue weighted by Crippen LogP contribution is 2.26. The summed E-state index contributed by atoms with van der Waals surface area (Å²) in [5.41, 5.74) is 2.20. The zero-order chi connectivity index (χ0) is 19.3. The quantitative estimate of drug-likeness (QED) is 0.666. The summed E-state index contributed by atoms with van der Waals surface area (Å²) in [5.74, 6) is 0.215. The Kier molecular flexibility index (Phi) is 5.78. The molecule has 0 radical (unpaired) electrons. The van der Waals surface area contributed by atoms with Gasteiger partial charge in [0.15, 0.2) is 5.13 Å². The number of piperidine rings is 1. The van der Waals surface area contributed by atoms with Gasteiger partial charge in [0, 0.05) is 35.3 Å². The molecule has 146 valence electrons. The third-order valence-corrected chi connectivity index (χ3v) is 5.92. The van der Waals surface area contributed by atoms with Gasteiger partial charge in [0.2, 0.25) is 5.91 Å². The molecule has 2 N–H and O–H groups in total. The highest BCUT2D eigenvalue weighted by atomic mass is 32.1. The van der Waals surface area contributed by atoms with E-state index >= 15 is 0 Å². The first-order valence-electron chi connectivity index (χ1n) is 9.36. The Morgan fingerprint density at radius 3 is 2.75 bits per heavy atom. The van der Waals surface area contributed by atoms with E-state index in [1.807, 2.05) is 6.07 Å². The van der Waals surface area contributed by atoms with Crippen molar-refractivity contribution in [2.24, 2.45) is 0 Å². The van der Waals surface area contributed by atoms with E-state index in [0.29, 0.717) is 24.0 Å². The summed E-state index contributed by atoms with van der Waals surface area (Å²) >= 11 is 1.45. The molecule has 8 heteroatoms. The lowest BCUT2D eigenvalue weighted by atomic mass is 9.94. The van der Waals surface area contributed by atoms with Crippen LogP contribution >= 0.6 is 11.3 Å². The van der Waals surface area contributed by atoms with E-state index in [1.165, 1.54) is 29.2 Å². The number of amides is 1. The molecule has 28 heavy (non-hydrogen) atoms. The number of nitrogens with one attached hydrogen (secondary N) is 2.